The zero-order chi connectivity index (χ0) is 20.9. The van der Waals surface area contributed by atoms with Gasteiger partial charge in [0.05, 0.1) is 21.8 Å². The number of benzene rings is 2. The minimum absolute atomic E-state index is 0.0346. The van der Waals surface area contributed by atoms with Crippen molar-refractivity contribution in [2.24, 2.45) is 0 Å². The van der Waals surface area contributed by atoms with Crippen molar-refractivity contribution >= 4 is 27.3 Å². The van der Waals surface area contributed by atoms with E-state index < -0.39 is 21.0 Å². The number of hydrogen-bond donors (Lipinski definition) is 2. The lowest BCUT2D eigenvalue weighted by Crippen LogP contribution is -2.29. The third kappa shape index (κ3) is 4.98. The first-order valence-electron chi connectivity index (χ1n) is 9.20. The summed E-state index contributed by atoms with van der Waals surface area (Å²) in [6.45, 7) is 6.77. The summed E-state index contributed by atoms with van der Waals surface area (Å²) in [6.07, 6.45) is 0.396. The highest BCUT2D eigenvalue weighted by Gasteiger charge is 2.25. The van der Waals surface area contributed by atoms with Crippen LogP contribution in [0.2, 0.25) is 0 Å². The van der Waals surface area contributed by atoms with Crippen LogP contribution in [0.4, 0.5) is 5.69 Å². The minimum atomic E-state index is -3.57. The summed E-state index contributed by atoms with van der Waals surface area (Å²) in [6, 6.07) is 13.0. The average Bonchev–Trinajstić information content (AvgIpc) is 2.68. The molecule has 0 saturated carbocycles. The van der Waals surface area contributed by atoms with Gasteiger partial charge in [-0.1, -0.05) is 31.2 Å². The summed E-state index contributed by atoms with van der Waals surface area (Å²) in [5, 5.41) is 4.99. The van der Waals surface area contributed by atoms with Gasteiger partial charge in [0.25, 0.3) is 5.91 Å². The molecule has 0 aromatic heterocycles. The summed E-state index contributed by atoms with van der Waals surface area (Å²) >= 11 is 0. The normalized spacial score (nSPS) is 12.5. The second kappa shape index (κ2) is 9.01. The quantitative estimate of drug-likeness (QED) is 0.738. The van der Waals surface area contributed by atoms with E-state index in [2.05, 4.69) is 10.6 Å². The van der Waals surface area contributed by atoms with Crippen LogP contribution in [0.3, 0.4) is 0 Å². The number of carbonyl (C=O) groups is 2. The summed E-state index contributed by atoms with van der Waals surface area (Å²) in [7, 11) is -3.57. The monoisotopic (exact) mass is 402 g/mol. The Hall–Kier alpha value is -2.67. The number of amides is 2. The van der Waals surface area contributed by atoms with Crippen molar-refractivity contribution in [1.82, 2.24) is 5.32 Å². The molecule has 28 heavy (non-hydrogen) atoms. The van der Waals surface area contributed by atoms with Gasteiger partial charge in [-0.3, -0.25) is 9.59 Å². The van der Waals surface area contributed by atoms with Gasteiger partial charge in [0.15, 0.2) is 9.84 Å². The van der Waals surface area contributed by atoms with Crippen molar-refractivity contribution in [2.75, 3.05) is 5.32 Å². The van der Waals surface area contributed by atoms with Gasteiger partial charge in [-0.15, -0.1) is 0 Å². The smallest absolute Gasteiger partial charge is 0.253 e. The number of sulfone groups is 1. The Kier molecular flexibility index (Phi) is 6.96. The molecule has 0 spiro atoms. The molecule has 2 rings (SSSR count). The molecule has 7 heteroatoms. The lowest BCUT2D eigenvalue weighted by molar-refractivity contribution is -0.115. The summed E-state index contributed by atoms with van der Waals surface area (Å²) in [5.41, 5.74) is 1.66. The van der Waals surface area contributed by atoms with Gasteiger partial charge in [-0.2, -0.15) is 0 Å². The predicted octanol–water partition coefficient (Wildman–Crippen LogP) is 3.71. The van der Waals surface area contributed by atoms with Gasteiger partial charge in [0.1, 0.15) is 0 Å². The molecule has 2 aromatic rings. The Balaban J connectivity index is 2.19. The van der Waals surface area contributed by atoms with E-state index in [-0.39, 0.29) is 22.4 Å². The van der Waals surface area contributed by atoms with Crippen LogP contribution in [-0.2, 0) is 14.6 Å². The van der Waals surface area contributed by atoms with E-state index >= 15 is 0 Å². The Morgan fingerprint density at radius 3 is 2.14 bits per heavy atom. The zero-order valence-electron chi connectivity index (χ0n) is 16.5. The van der Waals surface area contributed by atoms with E-state index in [0.717, 1.165) is 5.56 Å². The first kappa shape index (κ1) is 21.6. The molecule has 6 nitrogen and oxygen atoms in total. The zero-order valence-corrected chi connectivity index (χ0v) is 17.3. The maximum atomic E-state index is 12.7. The van der Waals surface area contributed by atoms with E-state index in [0.29, 0.717) is 12.1 Å². The summed E-state index contributed by atoms with van der Waals surface area (Å²) in [5.74, 6) is -0.521. The van der Waals surface area contributed by atoms with E-state index in [1.807, 2.05) is 19.1 Å². The van der Waals surface area contributed by atoms with Gasteiger partial charge in [-0.05, 0) is 50.6 Å². The molecule has 0 aliphatic heterocycles. The lowest BCUT2D eigenvalue weighted by Gasteiger charge is -2.17. The lowest BCUT2D eigenvalue weighted by atomic mass is 10.1. The Bertz CT molecular complexity index is 951. The maximum Gasteiger partial charge on any atom is 0.253 e. The van der Waals surface area contributed by atoms with Crippen molar-refractivity contribution < 1.29 is 18.0 Å². The molecule has 1 unspecified atom stereocenters. The molecule has 0 bridgehead atoms. The molecule has 2 N–H and O–H groups in total. The van der Waals surface area contributed by atoms with Gasteiger partial charge in [-0.25, -0.2) is 8.42 Å². The van der Waals surface area contributed by atoms with Crippen molar-refractivity contribution in [2.45, 2.75) is 50.3 Å². The third-order valence-corrected chi connectivity index (χ3v) is 6.63. The molecule has 2 amide bonds. The van der Waals surface area contributed by atoms with Crippen LogP contribution in [-0.4, -0.2) is 25.5 Å². The number of carbonyl (C=O) groups excluding carboxylic acids is 2. The first-order chi connectivity index (χ1) is 13.2. The second-order valence-corrected chi connectivity index (χ2v) is 9.28. The highest BCUT2D eigenvalue weighted by Crippen LogP contribution is 2.22. The highest BCUT2D eigenvalue weighted by atomic mass is 32.2. The van der Waals surface area contributed by atoms with E-state index in [4.69, 9.17) is 0 Å². The number of rotatable bonds is 7. The summed E-state index contributed by atoms with van der Waals surface area (Å²) < 4.78 is 25.1. The number of nitrogens with one attached hydrogen (secondary N) is 2. The van der Waals surface area contributed by atoms with Crippen molar-refractivity contribution in [3.63, 3.8) is 0 Å². The Labute approximate surface area is 166 Å². The van der Waals surface area contributed by atoms with Crippen LogP contribution in [0.5, 0.6) is 0 Å². The second-order valence-electron chi connectivity index (χ2n) is 6.81. The fourth-order valence-electron chi connectivity index (χ4n) is 2.62. The molecule has 0 aliphatic carbocycles. The van der Waals surface area contributed by atoms with Gasteiger partial charge < -0.3 is 10.6 Å². The fourth-order valence-corrected chi connectivity index (χ4v) is 3.86. The van der Waals surface area contributed by atoms with Crippen LogP contribution >= 0.6 is 0 Å². The standard InChI is InChI=1S/C21H26N2O4S/c1-5-20(24)23-17-12-10-16(11-13-17)15(4)22-21(25)18-8-6-7-9-19(18)28(26,27)14(2)3/h6-15H,5H2,1-4H3,(H,22,25)(H,23,24). The number of anilines is 1. The van der Waals surface area contributed by atoms with Gasteiger partial charge in [0.2, 0.25) is 5.91 Å². The average molecular weight is 403 g/mol. The molecule has 1 atom stereocenters. The van der Waals surface area contributed by atoms with Crippen LogP contribution in [0.25, 0.3) is 0 Å². The largest absolute Gasteiger partial charge is 0.345 e. The van der Waals surface area contributed by atoms with E-state index in [9.17, 15) is 18.0 Å². The van der Waals surface area contributed by atoms with Crippen molar-refractivity contribution in [1.29, 1.82) is 0 Å². The molecule has 0 aliphatic rings. The third-order valence-electron chi connectivity index (χ3n) is 4.42. The first-order valence-corrected chi connectivity index (χ1v) is 10.7. The molecule has 0 fully saturated rings. The van der Waals surface area contributed by atoms with Gasteiger partial charge in [0, 0.05) is 12.1 Å². The molecule has 150 valence electrons. The minimum Gasteiger partial charge on any atom is -0.345 e. The fraction of sp³-hybridized carbons (Fsp3) is 0.333. The molecule has 0 radical (unpaired) electrons. The molecule has 0 heterocycles. The topological polar surface area (TPSA) is 92.3 Å². The predicted molar refractivity (Wildman–Crippen MR) is 110 cm³/mol. The molecular weight excluding hydrogens is 376 g/mol. The van der Waals surface area contributed by atoms with E-state index in [1.54, 1.807) is 45.0 Å². The molecular formula is C21H26N2O4S. The summed E-state index contributed by atoms with van der Waals surface area (Å²) in [4.78, 5) is 24.2. The van der Waals surface area contributed by atoms with E-state index in [1.165, 1.54) is 12.1 Å². The maximum absolute atomic E-state index is 12.7. The Morgan fingerprint density at radius 2 is 1.57 bits per heavy atom. The SMILES string of the molecule is CCC(=O)Nc1ccc(C(C)NC(=O)c2ccccc2S(=O)(=O)C(C)C)cc1. The Morgan fingerprint density at radius 1 is 0.964 bits per heavy atom. The number of hydrogen-bond acceptors (Lipinski definition) is 4. The van der Waals surface area contributed by atoms with Crippen molar-refractivity contribution in [3.05, 3.63) is 59.7 Å². The molecule has 2 aromatic carbocycles. The van der Waals surface area contributed by atoms with Crippen LogP contribution in [0.15, 0.2) is 53.4 Å². The van der Waals surface area contributed by atoms with Crippen LogP contribution in [0, 0.1) is 0 Å². The van der Waals surface area contributed by atoms with Crippen molar-refractivity contribution in [3.8, 4) is 0 Å². The van der Waals surface area contributed by atoms with Crippen LogP contribution < -0.4 is 10.6 Å². The van der Waals surface area contributed by atoms with Crippen LogP contribution in [0.1, 0.15) is 56.1 Å². The highest BCUT2D eigenvalue weighted by molar-refractivity contribution is 7.92. The molecule has 0 saturated heterocycles. The van der Waals surface area contributed by atoms with Gasteiger partial charge >= 0.3 is 0 Å².